The molecule has 3 aliphatic rings. The van der Waals surface area contributed by atoms with Gasteiger partial charge >= 0.3 is 5.97 Å². The number of carbonyl (C=O) groups is 4. The summed E-state index contributed by atoms with van der Waals surface area (Å²) in [6.07, 6.45) is 4.61. The number of aromatic nitrogens is 4. The lowest BCUT2D eigenvalue weighted by atomic mass is 9.98. The molecule has 1 fully saturated rings. The van der Waals surface area contributed by atoms with Crippen LogP contribution >= 0.6 is 11.8 Å². The van der Waals surface area contributed by atoms with Crippen LogP contribution in [0, 0.1) is 13.8 Å². The Morgan fingerprint density at radius 3 is 1.94 bits per heavy atom. The maximum atomic E-state index is 13.2. The number of aromatic amines is 2. The molecule has 12 heteroatoms. The summed E-state index contributed by atoms with van der Waals surface area (Å²) in [6.45, 7) is 18.5. The van der Waals surface area contributed by atoms with Gasteiger partial charge < -0.3 is 20.4 Å². The van der Waals surface area contributed by atoms with Crippen molar-refractivity contribution in [2.75, 3.05) is 18.8 Å². The fourth-order valence-electron chi connectivity index (χ4n) is 7.39. The predicted octanol–water partition coefficient (Wildman–Crippen LogP) is 7.72. The molecule has 1 saturated heterocycles. The molecule has 0 aliphatic carbocycles. The van der Waals surface area contributed by atoms with Crippen molar-refractivity contribution < 1.29 is 24.3 Å². The number of fused-ring (bicyclic) bond motifs is 8. The second kappa shape index (κ2) is 15.9. The number of imide groups is 1. The van der Waals surface area contributed by atoms with Gasteiger partial charge in [-0.05, 0) is 104 Å². The first-order valence-electron chi connectivity index (χ1n) is 18.2. The molecule has 3 aromatic rings. The number of aliphatic carboxylic acids is 1. The van der Waals surface area contributed by atoms with Crippen LogP contribution in [0.5, 0.6) is 0 Å². The number of likely N-dealkylation sites (tertiary alicyclic amines) is 1. The van der Waals surface area contributed by atoms with E-state index in [-0.39, 0.29) is 61.7 Å². The van der Waals surface area contributed by atoms with E-state index in [0.29, 0.717) is 17.8 Å². The van der Waals surface area contributed by atoms with Gasteiger partial charge in [0.2, 0.25) is 17.7 Å². The number of thioether (sulfide) groups is 1. The largest absolute Gasteiger partial charge is 0.481 e. The van der Waals surface area contributed by atoms with Crippen molar-refractivity contribution in [2.45, 2.75) is 72.0 Å². The van der Waals surface area contributed by atoms with E-state index in [0.717, 1.165) is 83.8 Å². The highest BCUT2D eigenvalue weighted by molar-refractivity contribution is 8.00. The van der Waals surface area contributed by atoms with E-state index in [1.54, 1.807) is 0 Å². The summed E-state index contributed by atoms with van der Waals surface area (Å²) in [7, 11) is 0. The number of rotatable bonds is 13. The Kier molecular flexibility index (Phi) is 11.2. The van der Waals surface area contributed by atoms with E-state index < -0.39 is 5.97 Å². The minimum absolute atomic E-state index is 0.0566. The molecule has 0 saturated carbocycles. The zero-order chi connectivity index (χ0) is 38.8. The van der Waals surface area contributed by atoms with Crippen LogP contribution in [0.15, 0.2) is 37.4 Å². The minimum atomic E-state index is -0.899. The number of aryl methyl sites for hydroxylation is 2. The van der Waals surface area contributed by atoms with E-state index in [2.05, 4.69) is 34.5 Å². The van der Waals surface area contributed by atoms with Gasteiger partial charge in [-0.3, -0.25) is 24.1 Å². The van der Waals surface area contributed by atoms with Crippen molar-refractivity contribution in [1.29, 1.82) is 0 Å². The monoisotopic (exact) mass is 746 g/mol. The van der Waals surface area contributed by atoms with Gasteiger partial charge in [0.25, 0.3) is 0 Å². The summed E-state index contributed by atoms with van der Waals surface area (Å²) in [5.74, 6) is -0.762. The van der Waals surface area contributed by atoms with Crippen LogP contribution in [0.3, 0.4) is 0 Å². The van der Waals surface area contributed by atoms with E-state index in [1.807, 2.05) is 65.0 Å². The molecule has 0 spiro atoms. The number of carbonyl (C=O) groups excluding carboxylic acids is 3. The Morgan fingerprint density at radius 2 is 1.39 bits per heavy atom. The van der Waals surface area contributed by atoms with Crippen molar-refractivity contribution in [2.24, 2.45) is 0 Å². The second-order valence-corrected chi connectivity index (χ2v) is 15.2. The van der Waals surface area contributed by atoms with Crippen LogP contribution in [0.1, 0.15) is 97.9 Å². The van der Waals surface area contributed by atoms with Gasteiger partial charge in [-0.25, -0.2) is 9.97 Å². The van der Waals surface area contributed by atoms with E-state index >= 15 is 0 Å². The molecule has 3 amide bonds. The number of allylic oxidation sites excluding steroid dienone is 4. The van der Waals surface area contributed by atoms with Crippen molar-refractivity contribution in [3.63, 3.8) is 0 Å². The molecule has 0 aromatic carbocycles. The highest BCUT2D eigenvalue weighted by Gasteiger charge is 2.38. The van der Waals surface area contributed by atoms with Gasteiger partial charge in [-0.1, -0.05) is 32.2 Å². The number of nitrogens with one attached hydrogen (secondary N) is 3. The van der Waals surface area contributed by atoms with Crippen molar-refractivity contribution in [1.82, 2.24) is 30.2 Å². The first-order chi connectivity index (χ1) is 25.8. The van der Waals surface area contributed by atoms with E-state index in [4.69, 9.17) is 9.97 Å². The summed E-state index contributed by atoms with van der Waals surface area (Å²) in [6, 6.07) is 7.95. The maximum Gasteiger partial charge on any atom is 0.303 e. The number of carboxylic acids is 1. The molecule has 11 nitrogen and oxygen atoms in total. The summed E-state index contributed by atoms with van der Waals surface area (Å²) in [4.78, 5) is 68.5. The molecule has 1 unspecified atom stereocenters. The molecule has 6 heterocycles. The summed E-state index contributed by atoms with van der Waals surface area (Å²) < 4.78 is 0. The molecule has 3 aromatic heterocycles. The quantitative estimate of drug-likeness (QED) is 0.129. The minimum Gasteiger partial charge on any atom is -0.481 e. The van der Waals surface area contributed by atoms with Gasteiger partial charge in [0.1, 0.15) is 0 Å². The van der Waals surface area contributed by atoms with Crippen LogP contribution in [0.2, 0.25) is 0 Å². The highest BCUT2D eigenvalue weighted by Crippen LogP contribution is 2.38. The fraction of sp³-hybridized carbons (Fsp3) is 0.333. The van der Waals surface area contributed by atoms with Crippen LogP contribution < -0.4 is 5.32 Å². The van der Waals surface area contributed by atoms with Gasteiger partial charge in [-0.2, -0.15) is 0 Å². The van der Waals surface area contributed by atoms with Crippen LogP contribution in [-0.2, 0) is 19.2 Å². The van der Waals surface area contributed by atoms with Crippen LogP contribution in [0.25, 0.3) is 56.5 Å². The molecular weight excluding hydrogens is 701 g/mol. The molecule has 1 atom stereocenters. The first kappa shape index (κ1) is 38.2. The smallest absolute Gasteiger partial charge is 0.303 e. The van der Waals surface area contributed by atoms with E-state index in [1.165, 1.54) is 16.7 Å². The van der Waals surface area contributed by atoms with Crippen molar-refractivity contribution in [3.05, 3.63) is 82.5 Å². The van der Waals surface area contributed by atoms with Gasteiger partial charge in [0.15, 0.2) is 0 Å². The van der Waals surface area contributed by atoms with Gasteiger partial charge in [-0.15, -0.1) is 11.8 Å². The number of H-pyrrole nitrogens is 2. The third-order valence-electron chi connectivity index (χ3n) is 10.5. The molecular formula is C42H46N6O5S. The normalized spacial score (nSPS) is 15.7. The molecule has 6 rings (SSSR count). The Balaban J connectivity index is 1.42. The molecule has 280 valence electrons. The zero-order valence-electron chi connectivity index (χ0n) is 31.4. The standard InChI is InChI=1S/C42H46N6O5S/c1-8-26-22(4)30-17-31-25(7)29(12-14-41(51)52)37(46-31)20-36-28(11-13-39(49)43-15-16-48-40(50)21-38(42(48)53)54-10-3)24(6)33(47-36)19-35-27(9-2)23(5)32(45-35)18-34(26)44-30/h8-9,17-20,38,44-45H,1-2,10-16,21H2,3-7H3,(H,43,49)(H,51,52). The lowest BCUT2D eigenvalue weighted by Gasteiger charge is -2.15. The molecule has 0 radical (unpaired) electrons. The maximum absolute atomic E-state index is 13.2. The lowest BCUT2D eigenvalue weighted by Crippen LogP contribution is -2.38. The van der Waals surface area contributed by atoms with Crippen molar-refractivity contribution in [3.8, 4) is 0 Å². The third-order valence-corrected chi connectivity index (χ3v) is 11.6. The average molecular weight is 747 g/mol. The fourth-order valence-corrected chi connectivity index (χ4v) is 8.32. The predicted molar refractivity (Wildman–Crippen MR) is 218 cm³/mol. The summed E-state index contributed by atoms with van der Waals surface area (Å²) >= 11 is 1.46. The molecule has 54 heavy (non-hydrogen) atoms. The highest BCUT2D eigenvalue weighted by atomic mass is 32.2. The average Bonchev–Trinajstić information content (AvgIpc) is 3.85. The van der Waals surface area contributed by atoms with Gasteiger partial charge in [0.05, 0.1) is 28.0 Å². The lowest BCUT2D eigenvalue weighted by molar-refractivity contribution is -0.139. The second-order valence-electron chi connectivity index (χ2n) is 13.7. The third kappa shape index (κ3) is 7.48. The molecule has 4 N–H and O–H groups in total. The Labute approximate surface area is 318 Å². The van der Waals surface area contributed by atoms with Gasteiger partial charge in [0, 0.05) is 65.5 Å². The number of hydrogen-bond acceptors (Lipinski definition) is 7. The zero-order valence-corrected chi connectivity index (χ0v) is 32.3. The summed E-state index contributed by atoms with van der Waals surface area (Å²) in [5.41, 5.74) is 13.7. The first-order valence-corrected chi connectivity index (χ1v) is 19.2. The molecule has 3 aliphatic heterocycles. The Morgan fingerprint density at radius 1 is 0.852 bits per heavy atom. The number of amides is 3. The Hall–Kier alpha value is -5.49. The summed E-state index contributed by atoms with van der Waals surface area (Å²) in [5, 5.41) is 12.1. The van der Waals surface area contributed by atoms with Crippen molar-refractivity contribution >= 4 is 92.0 Å². The van der Waals surface area contributed by atoms with Crippen LogP contribution in [-0.4, -0.2) is 77.7 Å². The van der Waals surface area contributed by atoms with Crippen LogP contribution in [0.4, 0.5) is 0 Å². The SMILES string of the molecule is C=Cc1c(C)c2cc3[nH]c(cc4nc(cc5nc(cc1[nH]2)C(C)=C5CCC(=O)NCCN1C(=O)CC(SCC)C1=O)C(CCC(=O)O)=C4C)c(C)c3C=C. The Bertz CT molecular complexity index is 2350. The number of hydrogen-bond donors (Lipinski definition) is 4. The number of nitrogens with zero attached hydrogens (tertiary/aromatic N) is 3. The van der Waals surface area contributed by atoms with E-state index in [9.17, 15) is 24.3 Å². The topological polar surface area (TPSA) is 161 Å². The molecule has 8 bridgehead atoms. The number of carboxylic acid groups (broad SMARTS) is 1.